The number of carboxylic acid groups (broad SMARTS) is 1. The van der Waals surface area contributed by atoms with Crippen LogP contribution >= 0.6 is 11.6 Å². The molecule has 1 aromatic carbocycles. The van der Waals surface area contributed by atoms with Crippen LogP contribution in [0, 0.1) is 5.82 Å². The van der Waals surface area contributed by atoms with Crippen molar-refractivity contribution in [2.75, 3.05) is 11.9 Å². The zero-order valence-corrected chi connectivity index (χ0v) is 10.7. The molecule has 0 saturated heterocycles. The summed E-state index contributed by atoms with van der Waals surface area (Å²) in [4.78, 5) is 22.0. The summed E-state index contributed by atoms with van der Waals surface area (Å²) in [5, 5.41) is 22.4. The lowest BCUT2D eigenvalue weighted by Crippen LogP contribution is -2.47. The van der Waals surface area contributed by atoms with Crippen LogP contribution in [0.4, 0.5) is 14.9 Å². The molecule has 0 aliphatic carbocycles. The molecule has 0 aliphatic rings. The number of amides is 2. The Morgan fingerprint density at radius 2 is 2.11 bits per heavy atom. The average Bonchev–Trinajstić information content (AvgIpc) is 2.30. The fourth-order valence-electron chi connectivity index (χ4n) is 1.09. The Bertz CT molecular complexity index is 507. The Morgan fingerprint density at radius 1 is 1.47 bits per heavy atom. The first-order chi connectivity index (χ1) is 8.72. The minimum atomic E-state index is -2.10. The van der Waals surface area contributed by atoms with Crippen molar-refractivity contribution in [1.29, 1.82) is 0 Å². The first kappa shape index (κ1) is 15.2. The molecule has 1 atom stereocenters. The molecule has 6 nitrogen and oxygen atoms in total. The standard InChI is InChI=1S/C11H12ClFN2O4/c1-11(19,9(16)17)5-14-10(18)15-8-3-2-6(12)4-7(8)13/h2-4,19H,5H2,1H3,(H,16,17)(H2,14,15,18). The Morgan fingerprint density at radius 3 is 2.63 bits per heavy atom. The summed E-state index contributed by atoms with van der Waals surface area (Å²) in [5.74, 6) is -2.21. The summed E-state index contributed by atoms with van der Waals surface area (Å²) >= 11 is 5.54. The van der Waals surface area contributed by atoms with Crippen molar-refractivity contribution in [3.63, 3.8) is 0 Å². The normalized spacial score (nSPS) is 13.5. The number of urea groups is 1. The third-order valence-electron chi connectivity index (χ3n) is 2.23. The number of rotatable bonds is 4. The first-order valence-electron chi connectivity index (χ1n) is 5.18. The molecule has 0 saturated carbocycles. The van der Waals surface area contributed by atoms with Crippen LogP contribution in [0.2, 0.25) is 5.02 Å². The van der Waals surface area contributed by atoms with Crippen LogP contribution in [0.3, 0.4) is 0 Å². The van der Waals surface area contributed by atoms with E-state index in [4.69, 9.17) is 16.7 Å². The lowest BCUT2D eigenvalue weighted by molar-refractivity contribution is -0.155. The maximum absolute atomic E-state index is 13.3. The molecule has 0 spiro atoms. The van der Waals surface area contributed by atoms with Gasteiger partial charge in [0.05, 0.1) is 12.2 Å². The molecule has 2 amide bonds. The van der Waals surface area contributed by atoms with Gasteiger partial charge in [-0.15, -0.1) is 0 Å². The largest absolute Gasteiger partial charge is 0.479 e. The molecule has 1 aromatic rings. The van der Waals surface area contributed by atoms with Gasteiger partial charge in [-0.2, -0.15) is 0 Å². The van der Waals surface area contributed by atoms with E-state index < -0.39 is 30.0 Å². The monoisotopic (exact) mass is 290 g/mol. The zero-order chi connectivity index (χ0) is 14.6. The lowest BCUT2D eigenvalue weighted by Gasteiger charge is -2.18. The second-order valence-electron chi connectivity index (χ2n) is 4.01. The molecule has 0 radical (unpaired) electrons. The SMILES string of the molecule is CC(O)(CNC(=O)Nc1ccc(Cl)cc1F)C(=O)O. The summed E-state index contributed by atoms with van der Waals surface area (Å²) in [6, 6.07) is 2.81. The molecule has 19 heavy (non-hydrogen) atoms. The van der Waals surface area contributed by atoms with Gasteiger partial charge in [0.15, 0.2) is 5.60 Å². The highest BCUT2D eigenvalue weighted by molar-refractivity contribution is 6.30. The Hall–Kier alpha value is -1.86. The van der Waals surface area contributed by atoms with Crippen molar-refractivity contribution >= 4 is 29.3 Å². The Balaban J connectivity index is 2.59. The number of nitrogens with one attached hydrogen (secondary N) is 2. The number of hydrogen-bond donors (Lipinski definition) is 4. The van der Waals surface area contributed by atoms with Gasteiger partial charge in [-0.25, -0.2) is 14.0 Å². The quantitative estimate of drug-likeness (QED) is 0.674. The fourth-order valence-corrected chi connectivity index (χ4v) is 1.24. The van der Waals surface area contributed by atoms with E-state index in [1.54, 1.807) is 0 Å². The van der Waals surface area contributed by atoms with E-state index in [1.807, 2.05) is 0 Å². The second kappa shape index (κ2) is 5.85. The van der Waals surface area contributed by atoms with Crippen LogP contribution < -0.4 is 10.6 Å². The molecule has 0 aromatic heterocycles. The topological polar surface area (TPSA) is 98.7 Å². The molecule has 0 fully saturated rings. The molecule has 1 unspecified atom stereocenters. The Labute approximate surface area is 113 Å². The van der Waals surface area contributed by atoms with Gasteiger partial charge in [0.2, 0.25) is 0 Å². The van der Waals surface area contributed by atoms with Crippen LogP contribution in [0.25, 0.3) is 0 Å². The van der Waals surface area contributed by atoms with Crippen molar-refractivity contribution < 1.29 is 24.2 Å². The van der Waals surface area contributed by atoms with Crippen LogP contribution in [-0.4, -0.2) is 34.4 Å². The van der Waals surface area contributed by atoms with E-state index in [0.29, 0.717) is 0 Å². The maximum Gasteiger partial charge on any atom is 0.337 e. The molecule has 104 valence electrons. The highest BCUT2D eigenvalue weighted by Gasteiger charge is 2.30. The van der Waals surface area contributed by atoms with E-state index in [9.17, 15) is 19.1 Å². The van der Waals surface area contributed by atoms with Crippen LogP contribution in [0.1, 0.15) is 6.92 Å². The number of aliphatic hydroxyl groups is 1. The highest BCUT2D eigenvalue weighted by Crippen LogP contribution is 2.18. The number of aliphatic carboxylic acids is 1. The van der Waals surface area contributed by atoms with Crippen molar-refractivity contribution in [3.8, 4) is 0 Å². The fraction of sp³-hybridized carbons (Fsp3) is 0.273. The number of carbonyl (C=O) groups excluding carboxylic acids is 1. The minimum absolute atomic E-state index is 0.114. The Kier molecular flexibility index (Phi) is 4.68. The van der Waals surface area contributed by atoms with E-state index in [-0.39, 0.29) is 10.7 Å². The molecular formula is C11H12ClFN2O4. The third kappa shape index (κ3) is 4.38. The van der Waals surface area contributed by atoms with Crippen LogP contribution in [-0.2, 0) is 4.79 Å². The van der Waals surface area contributed by atoms with Gasteiger partial charge in [-0.3, -0.25) is 0 Å². The van der Waals surface area contributed by atoms with Crippen molar-refractivity contribution in [2.45, 2.75) is 12.5 Å². The number of anilines is 1. The third-order valence-corrected chi connectivity index (χ3v) is 2.47. The van der Waals surface area contributed by atoms with Crippen molar-refractivity contribution in [3.05, 3.63) is 29.0 Å². The summed E-state index contributed by atoms with van der Waals surface area (Å²) in [6.07, 6.45) is 0. The number of halogens is 2. The molecule has 1 rings (SSSR count). The number of carboxylic acids is 1. The van der Waals surface area contributed by atoms with Gasteiger partial charge < -0.3 is 20.8 Å². The zero-order valence-electron chi connectivity index (χ0n) is 9.91. The molecule has 0 bridgehead atoms. The highest BCUT2D eigenvalue weighted by atomic mass is 35.5. The van der Waals surface area contributed by atoms with Crippen LogP contribution in [0.5, 0.6) is 0 Å². The van der Waals surface area contributed by atoms with E-state index in [2.05, 4.69) is 10.6 Å². The minimum Gasteiger partial charge on any atom is -0.479 e. The molecule has 8 heteroatoms. The summed E-state index contributed by atoms with van der Waals surface area (Å²) in [6.45, 7) is 0.502. The van der Waals surface area contributed by atoms with Gasteiger partial charge in [0, 0.05) is 5.02 Å². The predicted molar refractivity (Wildman–Crippen MR) is 66.7 cm³/mol. The average molecular weight is 291 g/mol. The molecule has 4 N–H and O–H groups in total. The number of benzene rings is 1. The number of carbonyl (C=O) groups is 2. The summed E-state index contributed by atoms with van der Waals surface area (Å²) < 4.78 is 13.3. The maximum atomic E-state index is 13.3. The van der Waals surface area contributed by atoms with Gasteiger partial charge >= 0.3 is 12.0 Å². The van der Waals surface area contributed by atoms with E-state index in [0.717, 1.165) is 13.0 Å². The van der Waals surface area contributed by atoms with Crippen molar-refractivity contribution in [1.82, 2.24) is 5.32 Å². The molecular weight excluding hydrogens is 279 g/mol. The van der Waals surface area contributed by atoms with E-state index in [1.165, 1.54) is 12.1 Å². The van der Waals surface area contributed by atoms with Crippen LogP contribution in [0.15, 0.2) is 18.2 Å². The second-order valence-corrected chi connectivity index (χ2v) is 4.45. The molecule has 0 heterocycles. The van der Waals surface area contributed by atoms with Crippen molar-refractivity contribution in [2.24, 2.45) is 0 Å². The lowest BCUT2D eigenvalue weighted by atomic mass is 10.1. The van der Waals surface area contributed by atoms with E-state index >= 15 is 0 Å². The number of hydrogen-bond acceptors (Lipinski definition) is 3. The first-order valence-corrected chi connectivity index (χ1v) is 5.56. The summed E-state index contributed by atoms with van der Waals surface area (Å²) in [7, 11) is 0. The smallest absolute Gasteiger partial charge is 0.337 e. The van der Waals surface area contributed by atoms with Gasteiger partial charge in [0.1, 0.15) is 5.82 Å². The van der Waals surface area contributed by atoms with Gasteiger partial charge in [0.25, 0.3) is 0 Å². The van der Waals surface area contributed by atoms with Gasteiger partial charge in [-0.05, 0) is 25.1 Å². The molecule has 0 aliphatic heterocycles. The summed E-state index contributed by atoms with van der Waals surface area (Å²) in [5.41, 5.74) is -2.22. The van der Waals surface area contributed by atoms with Gasteiger partial charge in [-0.1, -0.05) is 11.6 Å². The predicted octanol–water partition coefficient (Wildman–Crippen LogP) is 1.44.